The summed E-state index contributed by atoms with van der Waals surface area (Å²) in [4.78, 5) is 0.262. The third-order valence-corrected chi connectivity index (χ3v) is 5.38. The third kappa shape index (κ3) is 4.04. The van der Waals surface area contributed by atoms with Gasteiger partial charge in [0.2, 0.25) is 10.0 Å². The van der Waals surface area contributed by atoms with Gasteiger partial charge < -0.3 is 5.11 Å². The molecule has 0 fully saturated rings. The van der Waals surface area contributed by atoms with Crippen molar-refractivity contribution in [1.82, 2.24) is 4.72 Å². The number of aryl methyl sites for hydroxylation is 2. The molecule has 2 N–H and O–H groups in total. The highest BCUT2D eigenvalue weighted by Crippen LogP contribution is 2.21. The number of aliphatic hydroxyl groups excluding tert-OH is 1. The van der Waals surface area contributed by atoms with Crippen LogP contribution in [0.1, 0.15) is 43.4 Å². The van der Waals surface area contributed by atoms with Gasteiger partial charge in [0.05, 0.1) is 11.5 Å². The van der Waals surface area contributed by atoms with Crippen LogP contribution in [0.2, 0.25) is 0 Å². The van der Waals surface area contributed by atoms with E-state index in [4.69, 9.17) is 0 Å². The Morgan fingerprint density at radius 1 is 1.15 bits per heavy atom. The summed E-state index contributed by atoms with van der Waals surface area (Å²) in [5.41, 5.74) is 2.26. The number of sulfonamides is 1. The predicted octanol–water partition coefficient (Wildman–Crippen LogP) is 2.51. The van der Waals surface area contributed by atoms with Gasteiger partial charge in [-0.1, -0.05) is 32.8 Å². The first-order valence-corrected chi connectivity index (χ1v) is 8.54. The molecule has 0 radical (unpaired) electrons. The molecule has 0 aromatic heterocycles. The van der Waals surface area contributed by atoms with E-state index >= 15 is 0 Å². The summed E-state index contributed by atoms with van der Waals surface area (Å²) >= 11 is 0. The van der Waals surface area contributed by atoms with E-state index in [-0.39, 0.29) is 11.5 Å². The monoisotopic (exact) mass is 299 g/mol. The molecule has 0 heterocycles. The Bertz CT molecular complexity index is 548. The largest absolute Gasteiger partial charge is 0.392 e. The van der Waals surface area contributed by atoms with Crippen molar-refractivity contribution in [2.24, 2.45) is 5.92 Å². The molecule has 0 aliphatic heterocycles. The lowest BCUT2D eigenvalue weighted by Crippen LogP contribution is -2.29. The molecule has 0 saturated heterocycles. The molecule has 0 aliphatic rings. The molecule has 0 bridgehead atoms. The Morgan fingerprint density at radius 3 is 2.25 bits per heavy atom. The second-order valence-electron chi connectivity index (χ2n) is 5.24. The molecule has 0 saturated carbocycles. The summed E-state index contributed by atoms with van der Waals surface area (Å²) in [6, 6.07) is 3.37. The minimum Gasteiger partial charge on any atom is -0.392 e. The van der Waals surface area contributed by atoms with Crippen LogP contribution < -0.4 is 4.72 Å². The predicted molar refractivity (Wildman–Crippen MR) is 81.1 cm³/mol. The summed E-state index contributed by atoms with van der Waals surface area (Å²) in [5.74, 6) is 0.354. The number of nitrogens with one attached hydrogen (secondary N) is 1. The van der Waals surface area contributed by atoms with Crippen LogP contribution in [0.15, 0.2) is 17.0 Å². The average molecular weight is 299 g/mol. The van der Waals surface area contributed by atoms with Crippen molar-refractivity contribution in [2.75, 3.05) is 6.54 Å². The van der Waals surface area contributed by atoms with Gasteiger partial charge in [0.25, 0.3) is 0 Å². The van der Waals surface area contributed by atoms with Gasteiger partial charge >= 0.3 is 0 Å². The Hall–Kier alpha value is -0.910. The van der Waals surface area contributed by atoms with Crippen LogP contribution in [0.5, 0.6) is 0 Å². The second kappa shape index (κ2) is 7.20. The number of aliphatic hydroxyl groups is 1. The van der Waals surface area contributed by atoms with E-state index in [1.807, 2.05) is 6.92 Å². The highest BCUT2D eigenvalue weighted by Gasteiger charge is 2.19. The van der Waals surface area contributed by atoms with Gasteiger partial charge in [-0.3, -0.25) is 0 Å². The zero-order chi connectivity index (χ0) is 15.3. The Labute approximate surface area is 122 Å². The van der Waals surface area contributed by atoms with Crippen LogP contribution in [0.3, 0.4) is 0 Å². The Balaban J connectivity index is 3.03. The van der Waals surface area contributed by atoms with Crippen molar-refractivity contribution in [3.63, 3.8) is 0 Å². The minimum atomic E-state index is -3.52. The standard InChI is InChI=1S/C15H25NO3S/c1-5-13(6-2)9-16-20(18,19)15-8-14(10-17)11(3)7-12(15)4/h7-8,13,16-17H,5-6,9-10H2,1-4H3. The molecule has 1 aromatic carbocycles. The maximum atomic E-state index is 12.4. The molecule has 0 atom stereocenters. The molecule has 1 rings (SSSR count). The third-order valence-electron chi connectivity index (χ3n) is 3.81. The van der Waals surface area contributed by atoms with Crippen LogP contribution in [0, 0.1) is 19.8 Å². The van der Waals surface area contributed by atoms with Crippen molar-refractivity contribution < 1.29 is 13.5 Å². The van der Waals surface area contributed by atoms with E-state index < -0.39 is 10.0 Å². The van der Waals surface area contributed by atoms with E-state index in [9.17, 15) is 13.5 Å². The summed E-state index contributed by atoms with van der Waals surface area (Å²) in [5, 5.41) is 9.28. The highest BCUT2D eigenvalue weighted by molar-refractivity contribution is 7.89. The molecule has 5 heteroatoms. The van der Waals surface area contributed by atoms with Crippen LogP contribution in [0.25, 0.3) is 0 Å². The van der Waals surface area contributed by atoms with Crippen LogP contribution >= 0.6 is 0 Å². The van der Waals surface area contributed by atoms with Crippen LogP contribution in [0.4, 0.5) is 0 Å². The van der Waals surface area contributed by atoms with Gasteiger partial charge in [0.15, 0.2) is 0 Å². The summed E-state index contributed by atoms with van der Waals surface area (Å²) in [6.07, 6.45) is 1.90. The maximum Gasteiger partial charge on any atom is 0.240 e. The van der Waals surface area contributed by atoms with Crippen molar-refractivity contribution in [1.29, 1.82) is 0 Å². The van der Waals surface area contributed by atoms with E-state index in [0.717, 1.165) is 18.4 Å². The van der Waals surface area contributed by atoms with Crippen molar-refractivity contribution in [2.45, 2.75) is 52.0 Å². The first-order chi connectivity index (χ1) is 9.35. The van der Waals surface area contributed by atoms with Gasteiger partial charge in [-0.15, -0.1) is 0 Å². The van der Waals surface area contributed by atoms with E-state index in [0.29, 0.717) is 23.6 Å². The summed E-state index contributed by atoms with van der Waals surface area (Å²) in [6.45, 7) is 8.07. The summed E-state index contributed by atoms with van der Waals surface area (Å²) < 4.78 is 27.4. The molecule has 1 aromatic rings. The number of hydrogen-bond donors (Lipinski definition) is 2. The Kier molecular flexibility index (Phi) is 6.17. The maximum absolute atomic E-state index is 12.4. The van der Waals surface area contributed by atoms with Crippen molar-refractivity contribution in [3.8, 4) is 0 Å². The fourth-order valence-corrected chi connectivity index (χ4v) is 3.61. The lowest BCUT2D eigenvalue weighted by molar-refractivity contribution is 0.280. The lowest BCUT2D eigenvalue weighted by Gasteiger charge is -2.16. The highest BCUT2D eigenvalue weighted by atomic mass is 32.2. The quantitative estimate of drug-likeness (QED) is 0.813. The molecule has 20 heavy (non-hydrogen) atoms. The average Bonchev–Trinajstić information content (AvgIpc) is 2.39. The van der Waals surface area contributed by atoms with Crippen molar-refractivity contribution >= 4 is 10.0 Å². The molecule has 0 aliphatic carbocycles. The molecule has 0 amide bonds. The smallest absolute Gasteiger partial charge is 0.240 e. The number of benzene rings is 1. The molecule has 114 valence electrons. The van der Waals surface area contributed by atoms with E-state index in [2.05, 4.69) is 18.6 Å². The normalized spacial score (nSPS) is 12.1. The zero-order valence-electron chi connectivity index (χ0n) is 12.7. The van der Waals surface area contributed by atoms with Crippen molar-refractivity contribution in [3.05, 3.63) is 28.8 Å². The molecule has 4 nitrogen and oxygen atoms in total. The topological polar surface area (TPSA) is 66.4 Å². The zero-order valence-corrected chi connectivity index (χ0v) is 13.5. The van der Waals surface area contributed by atoms with Crippen LogP contribution in [-0.4, -0.2) is 20.1 Å². The fourth-order valence-electron chi connectivity index (χ4n) is 2.22. The molecular weight excluding hydrogens is 274 g/mol. The molecule has 0 unspecified atom stereocenters. The van der Waals surface area contributed by atoms with Crippen LogP contribution in [-0.2, 0) is 16.6 Å². The van der Waals surface area contributed by atoms with E-state index in [1.54, 1.807) is 19.1 Å². The van der Waals surface area contributed by atoms with Gasteiger partial charge in [-0.25, -0.2) is 13.1 Å². The number of hydrogen-bond acceptors (Lipinski definition) is 3. The van der Waals surface area contributed by atoms with Gasteiger partial charge in [0.1, 0.15) is 0 Å². The van der Waals surface area contributed by atoms with Gasteiger partial charge in [0, 0.05) is 6.54 Å². The lowest BCUT2D eigenvalue weighted by atomic mass is 10.0. The Morgan fingerprint density at radius 2 is 1.75 bits per heavy atom. The first kappa shape index (κ1) is 17.1. The minimum absolute atomic E-state index is 0.152. The summed E-state index contributed by atoms with van der Waals surface area (Å²) in [7, 11) is -3.52. The molecular formula is C15H25NO3S. The molecule has 0 spiro atoms. The van der Waals surface area contributed by atoms with E-state index in [1.165, 1.54) is 0 Å². The number of rotatable bonds is 7. The second-order valence-corrected chi connectivity index (χ2v) is 6.97. The SMILES string of the molecule is CCC(CC)CNS(=O)(=O)c1cc(CO)c(C)cc1C. The fraction of sp³-hybridized carbons (Fsp3) is 0.600. The van der Waals surface area contributed by atoms with Gasteiger partial charge in [-0.2, -0.15) is 0 Å². The van der Waals surface area contributed by atoms with Gasteiger partial charge in [-0.05, 0) is 42.5 Å². The first-order valence-electron chi connectivity index (χ1n) is 7.06.